The second-order valence-electron chi connectivity index (χ2n) is 2.79. The van der Waals surface area contributed by atoms with Gasteiger partial charge < -0.3 is 4.74 Å². The van der Waals surface area contributed by atoms with Crippen LogP contribution in [0, 0.1) is 0 Å². The summed E-state index contributed by atoms with van der Waals surface area (Å²) >= 11 is 0. The third-order valence-corrected chi connectivity index (χ3v) is 1.76. The van der Waals surface area contributed by atoms with Crippen molar-refractivity contribution < 1.29 is 9.53 Å². The van der Waals surface area contributed by atoms with E-state index in [-0.39, 0.29) is 5.97 Å². The van der Waals surface area contributed by atoms with E-state index in [2.05, 4.69) is 0 Å². The monoisotopic (exact) mass is 182 g/mol. The van der Waals surface area contributed by atoms with Crippen LogP contribution in [0.25, 0.3) is 0 Å². The molecule has 2 heteroatoms. The van der Waals surface area contributed by atoms with E-state index in [1.54, 1.807) is 13.0 Å². The van der Waals surface area contributed by atoms with Crippen LogP contribution in [0.3, 0.4) is 0 Å². The van der Waals surface area contributed by atoms with Gasteiger partial charge in [0.2, 0.25) is 0 Å². The molecule has 0 spiro atoms. The quantitative estimate of drug-likeness (QED) is 0.379. The van der Waals surface area contributed by atoms with E-state index < -0.39 is 0 Å². The molecule has 0 saturated carbocycles. The SMILES string of the molecule is CC=C(C)C(=O)OC(=CCC)CC. The molecule has 0 aromatic heterocycles. The largest absolute Gasteiger partial charge is 0.428 e. The van der Waals surface area contributed by atoms with E-state index in [4.69, 9.17) is 4.74 Å². The third kappa shape index (κ3) is 4.51. The molecular weight excluding hydrogens is 164 g/mol. The van der Waals surface area contributed by atoms with Crippen LogP contribution in [0.4, 0.5) is 0 Å². The first-order valence-electron chi connectivity index (χ1n) is 4.69. The summed E-state index contributed by atoms with van der Waals surface area (Å²) in [6, 6.07) is 0. The van der Waals surface area contributed by atoms with E-state index in [1.165, 1.54) is 0 Å². The zero-order chi connectivity index (χ0) is 10.3. The molecule has 0 aliphatic heterocycles. The summed E-state index contributed by atoms with van der Waals surface area (Å²) in [5, 5.41) is 0. The fraction of sp³-hybridized carbons (Fsp3) is 0.545. The number of esters is 1. The van der Waals surface area contributed by atoms with Gasteiger partial charge in [0.1, 0.15) is 5.76 Å². The van der Waals surface area contributed by atoms with Gasteiger partial charge in [-0.3, -0.25) is 0 Å². The molecule has 0 atom stereocenters. The summed E-state index contributed by atoms with van der Waals surface area (Å²) < 4.78 is 5.15. The maximum Gasteiger partial charge on any atom is 0.338 e. The van der Waals surface area contributed by atoms with Gasteiger partial charge in [-0.25, -0.2) is 4.79 Å². The molecule has 2 nitrogen and oxygen atoms in total. The lowest BCUT2D eigenvalue weighted by Crippen LogP contribution is -2.05. The molecule has 0 aliphatic rings. The van der Waals surface area contributed by atoms with Crippen LogP contribution in [-0.2, 0) is 9.53 Å². The molecule has 0 unspecified atom stereocenters. The predicted molar refractivity (Wildman–Crippen MR) is 54.2 cm³/mol. The Bertz CT molecular complexity index is 224. The van der Waals surface area contributed by atoms with Crippen molar-refractivity contribution in [2.75, 3.05) is 0 Å². The Labute approximate surface area is 80.3 Å². The Morgan fingerprint density at radius 1 is 1.38 bits per heavy atom. The van der Waals surface area contributed by atoms with Crippen LogP contribution in [0.5, 0.6) is 0 Å². The molecule has 0 aliphatic carbocycles. The van der Waals surface area contributed by atoms with Crippen molar-refractivity contribution in [3.05, 3.63) is 23.5 Å². The lowest BCUT2D eigenvalue weighted by molar-refractivity contribution is -0.135. The minimum Gasteiger partial charge on any atom is -0.428 e. The van der Waals surface area contributed by atoms with Crippen molar-refractivity contribution in [1.82, 2.24) is 0 Å². The summed E-state index contributed by atoms with van der Waals surface area (Å²) in [5.74, 6) is 0.512. The molecule has 0 aromatic rings. The summed E-state index contributed by atoms with van der Waals surface area (Å²) in [6.45, 7) is 7.57. The molecule has 0 saturated heterocycles. The van der Waals surface area contributed by atoms with Crippen LogP contribution in [0.2, 0.25) is 0 Å². The van der Waals surface area contributed by atoms with Crippen molar-refractivity contribution in [2.45, 2.75) is 40.5 Å². The average molecular weight is 182 g/mol. The van der Waals surface area contributed by atoms with Crippen LogP contribution in [0.15, 0.2) is 23.5 Å². The number of carbonyl (C=O) groups excluding carboxylic acids is 1. The first kappa shape index (κ1) is 11.9. The Kier molecular flexibility index (Phi) is 5.94. The lowest BCUT2D eigenvalue weighted by atomic mass is 10.3. The second kappa shape index (κ2) is 6.46. The number of rotatable bonds is 4. The van der Waals surface area contributed by atoms with E-state index in [0.29, 0.717) is 5.57 Å². The number of carbonyl (C=O) groups is 1. The van der Waals surface area contributed by atoms with Crippen molar-refractivity contribution in [2.24, 2.45) is 0 Å². The van der Waals surface area contributed by atoms with Crippen molar-refractivity contribution >= 4 is 5.97 Å². The Morgan fingerprint density at radius 2 is 2.00 bits per heavy atom. The number of allylic oxidation sites excluding steroid dienone is 3. The van der Waals surface area contributed by atoms with Crippen molar-refractivity contribution in [3.63, 3.8) is 0 Å². The molecule has 74 valence electrons. The Balaban J connectivity index is 4.26. The number of hydrogen-bond donors (Lipinski definition) is 0. The minimum atomic E-state index is -0.246. The highest BCUT2D eigenvalue weighted by Crippen LogP contribution is 2.08. The van der Waals surface area contributed by atoms with Gasteiger partial charge in [0.25, 0.3) is 0 Å². The van der Waals surface area contributed by atoms with Crippen molar-refractivity contribution in [3.8, 4) is 0 Å². The smallest absolute Gasteiger partial charge is 0.338 e. The van der Waals surface area contributed by atoms with Crippen LogP contribution in [0.1, 0.15) is 40.5 Å². The van der Waals surface area contributed by atoms with Crippen LogP contribution < -0.4 is 0 Å². The van der Waals surface area contributed by atoms with Crippen molar-refractivity contribution in [1.29, 1.82) is 0 Å². The van der Waals surface area contributed by atoms with Gasteiger partial charge in [0.15, 0.2) is 0 Å². The molecule has 13 heavy (non-hydrogen) atoms. The van der Waals surface area contributed by atoms with E-state index in [0.717, 1.165) is 18.6 Å². The predicted octanol–water partition coefficient (Wildman–Crippen LogP) is 3.20. The molecule has 0 fully saturated rings. The second-order valence-corrected chi connectivity index (χ2v) is 2.79. The van der Waals surface area contributed by atoms with E-state index >= 15 is 0 Å². The summed E-state index contributed by atoms with van der Waals surface area (Å²) in [4.78, 5) is 11.3. The molecule has 0 radical (unpaired) electrons. The number of ether oxygens (including phenoxy) is 1. The van der Waals surface area contributed by atoms with E-state index in [1.807, 2.05) is 26.8 Å². The Hall–Kier alpha value is -1.05. The standard InChI is InChI=1S/C11H18O2/c1-5-8-10(7-3)13-11(12)9(4)6-2/h6,8H,5,7H2,1-4H3. The molecular formula is C11H18O2. The first-order chi connectivity index (χ1) is 6.15. The van der Waals surface area contributed by atoms with Crippen LogP contribution >= 0.6 is 0 Å². The molecule has 0 aromatic carbocycles. The molecule has 0 heterocycles. The summed E-state index contributed by atoms with van der Waals surface area (Å²) in [5.41, 5.74) is 0.649. The highest BCUT2D eigenvalue weighted by Gasteiger charge is 2.06. The van der Waals surface area contributed by atoms with Gasteiger partial charge in [0, 0.05) is 12.0 Å². The zero-order valence-electron chi connectivity index (χ0n) is 8.89. The van der Waals surface area contributed by atoms with Gasteiger partial charge >= 0.3 is 5.97 Å². The topological polar surface area (TPSA) is 26.3 Å². The molecule has 0 rings (SSSR count). The van der Waals surface area contributed by atoms with E-state index in [9.17, 15) is 4.79 Å². The highest BCUT2D eigenvalue weighted by molar-refractivity contribution is 5.88. The van der Waals surface area contributed by atoms with Gasteiger partial charge in [-0.05, 0) is 26.3 Å². The zero-order valence-corrected chi connectivity index (χ0v) is 8.89. The Morgan fingerprint density at radius 3 is 2.38 bits per heavy atom. The highest BCUT2D eigenvalue weighted by atomic mass is 16.5. The molecule has 0 N–H and O–H groups in total. The van der Waals surface area contributed by atoms with Gasteiger partial charge in [-0.2, -0.15) is 0 Å². The summed E-state index contributed by atoms with van der Waals surface area (Å²) in [6.07, 6.45) is 5.34. The fourth-order valence-electron chi connectivity index (χ4n) is 0.803. The normalized spacial score (nSPS) is 12.9. The third-order valence-electron chi connectivity index (χ3n) is 1.76. The maximum absolute atomic E-state index is 11.3. The van der Waals surface area contributed by atoms with Crippen LogP contribution in [-0.4, -0.2) is 5.97 Å². The molecule has 0 bridgehead atoms. The number of hydrogen-bond acceptors (Lipinski definition) is 2. The lowest BCUT2D eigenvalue weighted by Gasteiger charge is -2.05. The van der Waals surface area contributed by atoms with Gasteiger partial charge in [-0.1, -0.05) is 19.9 Å². The summed E-state index contributed by atoms with van der Waals surface area (Å²) in [7, 11) is 0. The van der Waals surface area contributed by atoms with Gasteiger partial charge in [0.05, 0.1) is 0 Å². The fourth-order valence-corrected chi connectivity index (χ4v) is 0.803. The van der Waals surface area contributed by atoms with Gasteiger partial charge in [-0.15, -0.1) is 0 Å². The average Bonchev–Trinajstić information content (AvgIpc) is 2.15. The first-order valence-corrected chi connectivity index (χ1v) is 4.69. The molecule has 0 amide bonds. The maximum atomic E-state index is 11.3. The minimum absolute atomic E-state index is 0.246.